The molecular formula is C21H23N2O4S+. The van der Waals surface area contributed by atoms with Gasteiger partial charge in [-0.25, -0.2) is 4.79 Å². The molecule has 0 aliphatic carbocycles. The van der Waals surface area contributed by atoms with Gasteiger partial charge in [-0.1, -0.05) is 36.4 Å². The van der Waals surface area contributed by atoms with Crippen LogP contribution in [0.5, 0.6) is 5.75 Å². The molecule has 3 rings (SSSR count). The van der Waals surface area contributed by atoms with Gasteiger partial charge in [-0.3, -0.25) is 4.79 Å². The predicted molar refractivity (Wildman–Crippen MR) is 109 cm³/mol. The molecule has 1 heterocycles. The second-order valence-corrected chi connectivity index (χ2v) is 6.72. The van der Waals surface area contributed by atoms with Gasteiger partial charge in [-0.05, 0) is 37.0 Å². The Morgan fingerprint density at radius 2 is 1.93 bits per heavy atom. The summed E-state index contributed by atoms with van der Waals surface area (Å²) < 4.78 is 12.1. The molecule has 1 aliphatic rings. The highest BCUT2D eigenvalue weighted by Gasteiger charge is 2.27. The van der Waals surface area contributed by atoms with Crippen LogP contribution in [0.4, 0.5) is 5.69 Å². The highest BCUT2D eigenvalue weighted by Crippen LogP contribution is 2.31. The fraction of sp³-hybridized carbons (Fsp3) is 0.286. The van der Waals surface area contributed by atoms with E-state index >= 15 is 0 Å². The molecule has 2 aromatic carbocycles. The van der Waals surface area contributed by atoms with Crippen LogP contribution in [-0.4, -0.2) is 22.5 Å². The van der Waals surface area contributed by atoms with Crippen molar-refractivity contribution in [3.8, 4) is 5.75 Å². The summed E-state index contributed by atoms with van der Waals surface area (Å²) in [6, 6.07) is 15.6. The van der Waals surface area contributed by atoms with Gasteiger partial charge in [0.1, 0.15) is 23.4 Å². The number of hydrogen-bond donors (Lipinski definition) is 2. The number of nitrogens with one attached hydrogen (secondary N) is 1. The molecule has 0 atom stereocenters. The minimum atomic E-state index is -0.331. The number of thiol groups is 1. The molecule has 28 heavy (non-hydrogen) atoms. The number of carbonyl (C=O) groups is 2. The van der Waals surface area contributed by atoms with Crippen LogP contribution in [0, 0.1) is 0 Å². The normalized spacial score (nSPS) is 13.9. The molecule has 0 spiro atoms. The van der Waals surface area contributed by atoms with Crippen molar-refractivity contribution in [3.63, 3.8) is 0 Å². The van der Waals surface area contributed by atoms with Crippen molar-refractivity contribution in [2.45, 2.75) is 39.0 Å². The number of carbonyl (C=O) groups excluding carboxylic acids is 2. The second-order valence-electron chi connectivity index (χ2n) is 6.56. The highest BCUT2D eigenvalue weighted by molar-refractivity contribution is 7.74. The monoisotopic (exact) mass is 399 g/mol. The van der Waals surface area contributed by atoms with E-state index in [4.69, 9.17) is 9.02 Å². The largest absolute Gasteiger partial charge is 0.436 e. The summed E-state index contributed by atoms with van der Waals surface area (Å²) in [7, 11) is 0. The van der Waals surface area contributed by atoms with Gasteiger partial charge < -0.3 is 10.1 Å². The van der Waals surface area contributed by atoms with Crippen molar-refractivity contribution < 1.29 is 23.3 Å². The number of hydroxylamine groups is 1. The van der Waals surface area contributed by atoms with Crippen molar-refractivity contribution >= 4 is 36.3 Å². The molecule has 0 fully saturated rings. The fourth-order valence-corrected chi connectivity index (χ4v) is 3.38. The van der Waals surface area contributed by atoms with Crippen LogP contribution in [0.15, 0.2) is 48.5 Å². The Labute approximate surface area is 169 Å². The van der Waals surface area contributed by atoms with Crippen molar-refractivity contribution in [1.82, 2.24) is 0 Å². The Kier molecular flexibility index (Phi) is 6.71. The summed E-state index contributed by atoms with van der Waals surface area (Å²) in [5, 5.41) is 2.85. The molecule has 0 saturated heterocycles. The number of hydrogen-bond acceptors (Lipinski definition) is 5. The van der Waals surface area contributed by atoms with Gasteiger partial charge in [0.25, 0.3) is 0 Å². The Morgan fingerprint density at radius 1 is 1.14 bits per heavy atom. The Bertz CT molecular complexity index is 897. The molecule has 6 nitrogen and oxygen atoms in total. The van der Waals surface area contributed by atoms with E-state index in [0.29, 0.717) is 30.9 Å². The average molecular weight is 399 g/mol. The lowest BCUT2D eigenvalue weighted by molar-refractivity contribution is -0.672. The molecule has 0 aromatic heterocycles. The van der Waals surface area contributed by atoms with Gasteiger partial charge in [-0.2, -0.15) is 4.28 Å². The summed E-state index contributed by atoms with van der Waals surface area (Å²) in [5.41, 5.74) is 2.85. The van der Waals surface area contributed by atoms with Crippen LogP contribution >= 0.6 is 12.9 Å². The van der Waals surface area contributed by atoms with Gasteiger partial charge in [-0.15, -0.1) is 0 Å². The third-order valence-corrected chi connectivity index (χ3v) is 4.69. The van der Waals surface area contributed by atoms with Crippen LogP contribution in [-0.2, 0) is 26.7 Å². The lowest BCUT2D eigenvalue weighted by atomic mass is 10.0. The molecule has 146 valence electrons. The first kappa shape index (κ1) is 19.9. The number of benzene rings is 2. The Morgan fingerprint density at radius 3 is 2.64 bits per heavy atom. The van der Waals surface area contributed by atoms with Crippen molar-refractivity contribution in [2.24, 2.45) is 0 Å². The zero-order chi connectivity index (χ0) is 19.9. The second kappa shape index (κ2) is 9.41. The van der Waals surface area contributed by atoms with E-state index in [1.807, 2.05) is 30.3 Å². The van der Waals surface area contributed by atoms with E-state index in [0.717, 1.165) is 28.8 Å². The van der Waals surface area contributed by atoms with Crippen LogP contribution in [0.25, 0.3) is 0 Å². The van der Waals surface area contributed by atoms with Crippen LogP contribution < -0.4 is 10.1 Å². The molecule has 2 amide bonds. The molecule has 1 aliphatic heterocycles. The lowest BCUT2D eigenvalue weighted by Crippen LogP contribution is -2.29. The van der Waals surface area contributed by atoms with E-state index in [1.54, 1.807) is 6.07 Å². The summed E-state index contributed by atoms with van der Waals surface area (Å²) in [5.74, 6) is 0.621. The Balaban J connectivity index is 1.81. The SMILES string of the molecule is CC(=O)[N+](OS)=C(CCCc1ccccc1)Oc1cccc2c1CCC(=O)N2. The highest BCUT2D eigenvalue weighted by atomic mass is 32.1. The summed E-state index contributed by atoms with van der Waals surface area (Å²) in [6.07, 6.45) is 3.08. The first-order chi connectivity index (χ1) is 13.6. The molecular weight excluding hydrogens is 376 g/mol. The van der Waals surface area contributed by atoms with E-state index in [-0.39, 0.29) is 11.8 Å². The van der Waals surface area contributed by atoms with Gasteiger partial charge >= 0.3 is 11.8 Å². The van der Waals surface area contributed by atoms with E-state index in [9.17, 15) is 9.59 Å². The molecule has 0 unspecified atom stereocenters. The summed E-state index contributed by atoms with van der Waals surface area (Å²) in [6.45, 7) is 1.39. The lowest BCUT2D eigenvalue weighted by Gasteiger charge is -2.19. The average Bonchev–Trinajstić information content (AvgIpc) is 2.69. The number of ether oxygens (including phenoxy) is 1. The third-order valence-electron chi connectivity index (χ3n) is 4.53. The minimum absolute atomic E-state index is 0.0132. The molecule has 1 N–H and O–H groups in total. The smallest absolute Gasteiger partial charge is 0.405 e. The topological polar surface area (TPSA) is 67.6 Å². The third kappa shape index (κ3) is 4.92. The number of aryl methyl sites for hydroxylation is 1. The van der Waals surface area contributed by atoms with Gasteiger partial charge in [0.2, 0.25) is 5.91 Å². The Hall–Kier alpha value is -2.80. The van der Waals surface area contributed by atoms with Crippen molar-refractivity contribution in [3.05, 3.63) is 59.7 Å². The number of fused-ring (bicyclic) bond motifs is 1. The van der Waals surface area contributed by atoms with Crippen molar-refractivity contribution in [1.29, 1.82) is 0 Å². The van der Waals surface area contributed by atoms with Crippen LogP contribution in [0.2, 0.25) is 0 Å². The van der Waals surface area contributed by atoms with Crippen molar-refractivity contribution in [2.75, 3.05) is 5.32 Å². The number of amides is 2. The quantitative estimate of drug-likeness (QED) is 0.194. The van der Waals surface area contributed by atoms with Gasteiger partial charge in [0.15, 0.2) is 0 Å². The predicted octanol–water partition coefficient (Wildman–Crippen LogP) is 3.71. The molecule has 7 heteroatoms. The number of anilines is 1. The first-order valence-corrected chi connectivity index (χ1v) is 9.56. The molecule has 0 bridgehead atoms. The van der Waals surface area contributed by atoms with Gasteiger partial charge in [0.05, 0.1) is 13.3 Å². The van der Waals surface area contributed by atoms with E-state index in [1.165, 1.54) is 12.5 Å². The minimum Gasteiger partial charge on any atom is -0.405 e. The molecule has 0 saturated carbocycles. The zero-order valence-corrected chi connectivity index (χ0v) is 16.6. The zero-order valence-electron chi connectivity index (χ0n) is 15.7. The van der Waals surface area contributed by atoms with E-state index in [2.05, 4.69) is 30.4 Å². The summed E-state index contributed by atoms with van der Waals surface area (Å²) >= 11 is 3.81. The van der Waals surface area contributed by atoms with Crippen LogP contribution in [0.1, 0.15) is 37.3 Å². The van der Waals surface area contributed by atoms with Crippen LogP contribution in [0.3, 0.4) is 0 Å². The van der Waals surface area contributed by atoms with E-state index < -0.39 is 0 Å². The maximum Gasteiger partial charge on any atom is 0.436 e. The molecule has 2 aromatic rings. The maximum absolute atomic E-state index is 12.0. The molecule has 0 radical (unpaired) electrons. The number of nitrogens with zero attached hydrogens (tertiary/aromatic N) is 1. The van der Waals surface area contributed by atoms with Gasteiger partial charge in [0, 0.05) is 17.7 Å². The first-order valence-electron chi connectivity index (χ1n) is 9.20. The standard InChI is InChI=1S/C21H22N2O4S/c1-15(24)23(27-28)21(12-5-9-16-7-3-2-4-8-16)26-19-11-6-10-18-17(19)13-14-20(25)22-18/h2-4,6-8,10-11H,5,9,12-14H2,1H3,(H-,22,25,28)/p+1. The maximum atomic E-state index is 12.0. The summed E-state index contributed by atoms with van der Waals surface area (Å²) in [4.78, 5) is 23.6. The fourth-order valence-electron chi connectivity index (χ4n) is 3.18. The number of rotatable bonds is 6.